The number of aromatic nitrogens is 1. The summed E-state index contributed by atoms with van der Waals surface area (Å²) >= 11 is 1.89. The largest absolute Gasteiger partial charge is 0.308 e. The maximum atomic E-state index is 4.92. The third-order valence-electron chi connectivity index (χ3n) is 10.5. The molecule has 1 unspecified atom stereocenters. The fourth-order valence-electron chi connectivity index (χ4n) is 8.67. The zero-order valence-corrected chi connectivity index (χ0v) is 26.3. The third-order valence-corrected chi connectivity index (χ3v) is 11.7. The lowest BCUT2D eigenvalue weighted by Crippen LogP contribution is -2.12. The summed E-state index contributed by atoms with van der Waals surface area (Å²) in [6.07, 6.45) is 0. The molecule has 11 rings (SSSR count). The fraction of sp³-hybridized carbons (Fsp3) is 0.0222. The van der Waals surface area contributed by atoms with Crippen LogP contribution in [0.4, 0.5) is 0 Å². The molecule has 0 bridgehead atoms. The van der Waals surface area contributed by atoms with E-state index in [0.29, 0.717) is 0 Å². The van der Waals surface area contributed by atoms with Gasteiger partial charge in [-0.3, -0.25) is 0 Å². The van der Waals surface area contributed by atoms with Crippen LogP contribution in [-0.4, -0.2) is 4.40 Å². The number of para-hydroxylation sites is 2. The molecule has 0 radical (unpaired) electrons. The van der Waals surface area contributed by atoms with Gasteiger partial charge in [0.1, 0.15) is 0 Å². The van der Waals surface area contributed by atoms with Gasteiger partial charge in [0.05, 0.1) is 16.6 Å². The summed E-state index contributed by atoms with van der Waals surface area (Å²) < 4.78 is 5.12. The van der Waals surface area contributed by atoms with Crippen LogP contribution < -0.4 is 0 Å². The molecule has 218 valence electrons. The molecule has 1 nitrogen and oxygen atoms in total. The lowest BCUT2D eigenvalue weighted by atomic mass is 9.70. The Morgan fingerprint density at radius 3 is 1.89 bits per heavy atom. The molecule has 0 saturated heterocycles. The summed E-state index contributed by atoms with van der Waals surface area (Å²) in [7, 11) is 0. The van der Waals surface area contributed by atoms with Crippen LogP contribution in [0.1, 0.15) is 22.6 Å². The van der Waals surface area contributed by atoms with Gasteiger partial charge < -0.3 is 4.40 Å². The number of hydrogen-bond donors (Lipinski definition) is 0. The molecule has 0 spiro atoms. The maximum Gasteiger partial charge on any atom is 0.0620 e. The second-order valence-electron chi connectivity index (χ2n) is 12.9. The first-order valence-corrected chi connectivity index (χ1v) is 17.1. The zero-order valence-electron chi connectivity index (χ0n) is 25.5. The molecule has 0 saturated carbocycles. The van der Waals surface area contributed by atoms with Crippen molar-refractivity contribution in [1.82, 2.24) is 4.40 Å². The molecule has 1 aliphatic carbocycles. The molecule has 7 aromatic carbocycles. The summed E-state index contributed by atoms with van der Waals surface area (Å²) in [5.74, 6) is 0.0597. The van der Waals surface area contributed by atoms with Crippen molar-refractivity contribution in [3.05, 3.63) is 169 Å². The number of rotatable bonds is 2. The molecule has 0 aliphatic heterocycles. The Labute approximate surface area is 275 Å². The smallest absolute Gasteiger partial charge is 0.0620 e. The van der Waals surface area contributed by atoms with Crippen molar-refractivity contribution in [2.24, 2.45) is 0 Å². The van der Waals surface area contributed by atoms with Crippen LogP contribution in [0.3, 0.4) is 0 Å². The van der Waals surface area contributed by atoms with E-state index in [1.165, 1.54) is 97.2 Å². The summed E-state index contributed by atoms with van der Waals surface area (Å²) in [6.45, 7) is 4.92. The van der Waals surface area contributed by atoms with Crippen molar-refractivity contribution < 1.29 is 0 Å². The molecule has 0 fully saturated rings. The van der Waals surface area contributed by atoms with Crippen molar-refractivity contribution in [2.45, 2.75) is 5.92 Å². The van der Waals surface area contributed by atoms with Crippen LogP contribution in [0, 0.1) is 0 Å². The summed E-state index contributed by atoms with van der Waals surface area (Å²) in [6, 6.07) is 54.0. The highest BCUT2D eigenvalue weighted by atomic mass is 32.1. The average Bonchev–Trinajstić information content (AvgIpc) is 3.78. The predicted octanol–water partition coefficient (Wildman–Crippen LogP) is 12.7. The van der Waals surface area contributed by atoms with E-state index in [9.17, 15) is 0 Å². The van der Waals surface area contributed by atoms with E-state index in [2.05, 4.69) is 150 Å². The lowest BCUT2D eigenvalue weighted by Gasteiger charge is -2.33. The molecule has 0 amide bonds. The number of hydrogen-bond acceptors (Lipinski definition) is 1. The minimum absolute atomic E-state index is 0.0597. The Morgan fingerprint density at radius 2 is 1.15 bits per heavy atom. The van der Waals surface area contributed by atoms with E-state index >= 15 is 0 Å². The molecule has 1 aliphatic rings. The first-order chi connectivity index (χ1) is 23.3. The van der Waals surface area contributed by atoms with Crippen LogP contribution in [0.25, 0.3) is 86.1 Å². The van der Waals surface area contributed by atoms with E-state index in [4.69, 9.17) is 6.58 Å². The van der Waals surface area contributed by atoms with Crippen molar-refractivity contribution in [3.63, 3.8) is 0 Å². The van der Waals surface area contributed by atoms with E-state index < -0.39 is 0 Å². The van der Waals surface area contributed by atoms with Crippen LogP contribution >= 0.6 is 11.3 Å². The van der Waals surface area contributed by atoms with Crippen LogP contribution in [0.5, 0.6) is 0 Å². The molecule has 3 heterocycles. The van der Waals surface area contributed by atoms with E-state index in [0.717, 1.165) is 5.57 Å². The minimum atomic E-state index is 0.0597. The molecule has 10 aromatic rings. The highest BCUT2D eigenvalue weighted by Crippen LogP contribution is 2.55. The molecule has 3 aromatic heterocycles. The minimum Gasteiger partial charge on any atom is -0.308 e. The van der Waals surface area contributed by atoms with Gasteiger partial charge in [0.15, 0.2) is 0 Å². The van der Waals surface area contributed by atoms with Crippen molar-refractivity contribution >= 4 is 75.2 Å². The standard InChI is InChI=1S/C45H27NS/c1-26-41(27-12-3-2-4-13-27)34-22-23-40-44(32-16-7-10-21-39(32)47-40)43(34)33-18-11-17-29(42(26)33)28-24-35-30-14-5-8-19-37(30)46-38-20-9-6-15-31(38)36(25-28)45(35)46/h2-25,41H,1H2. The molecule has 0 N–H and O–H groups in total. The van der Waals surface area contributed by atoms with Gasteiger partial charge in [0, 0.05) is 47.6 Å². The van der Waals surface area contributed by atoms with Gasteiger partial charge in [-0.2, -0.15) is 0 Å². The number of thiophene rings is 1. The predicted molar refractivity (Wildman–Crippen MR) is 202 cm³/mol. The number of benzene rings is 7. The van der Waals surface area contributed by atoms with E-state index in [-0.39, 0.29) is 5.92 Å². The molecule has 47 heavy (non-hydrogen) atoms. The Bertz CT molecular complexity index is 2840. The number of allylic oxidation sites excluding steroid dienone is 1. The molecular weight excluding hydrogens is 587 g/mol. The fourth-order valence-corrected chi connectivity index (χ4v) is 9.79. The Morgan fingerprint density at radius 1 is 0.511 bits per heavy atom. The highest BCUT2D eigenvalue weighted by Gasteiger charge is 2.33. The van der Waals surface area contributed by atoms with Crippen molar-refractivity contribution in [2.75, 3.05) is 0 Å². The number of fused-ring (bicyclic) bond motifs is 13. The molecular formula is C45H27NS. The molecule has 2 heteroatoms. The third kappa shape index (κ3) is 3.28. The zero-order chi connectivity index (χ0) is 30.8. The summed E-state index contributed by atoms with van der Waals surface area (Å²) in [4.78, 5) is 0. The monoisotopic (exact) mass is 613 g/mol. The average molecular weight is 614 g/mol. The van der Waals surface area contributed by atoms with Crippen LogP contribution in [-0.2, 0) is 0 Å². The SMILES string of the molecule is C=C1c2c(-c3cc4c5ccccc5n5c6ccccc6c(c3)c45)cccc2-c2c(ccc3sc4ccccc4c23)C1c1ccccc1. The summed E-state index contributed by atoms with van der Waals surface area (Å²) in [5.41, 5.74) is 14.0. The summed E-state index contributed by atoms with van der Waals surface area (Å²) in [5, 5.41) is 7.88. The van der Waals surface area contributed by atoms with Gasteiger partial charge in [-0.15, -0.1) is 11.3 Å². The number of nitrogens with zero attached hydrogens (tertiary/aromatic N) is 1. The Kier molecular flexibility index (Phi) is 4.98. The normalized spacial score (nSPS) is 14.6. The van der Waals surface area contributed by atoms with E-state index in [1.807, 2.05) is 11.3 Å². The van der Waals surface area contributed by atoms with Gasteiger partial charge in [-0.25, -0.2) is 0 Å². The first-order valence-electron chi connectivity index (χ1n) is 16.3. The van der Waals surface area contributed by atoms with Gasteiger partial charge in [0.25, 0.3) is 0 Å². The maximum absolute atomic E-state index is 4.92. The second-order valence-corrected chi connectivity index (χ2v) is 14.0. The quantitative estimate of drug-likeness (QED) is 0.183. The van der Waals surface area contributed by atoms with Gasteiger partial charge in [-0.1, -0.05) is 116 Å². The first kappa shape index (κ1) is 25.5. The van der Waals surface area contributed by atoms with Gasteiger partial charge >= 0.3 is 0 Å². The topological polar surface area (TPSA) is 4.41 Å². The molecule has 1 atom stereocenters. The lowest BCUT2D eigenvalue weighted by molar-refractivity contribution is 1.04. The van der Waals surface area contributed by atoms with Crippen LogP contribution in [0.15, 0.2) is 152 Å². The van der Waals surface area contributed by atoms with E-state index in [1.54, 1.807) is 0 Å². The van der Waals surface area contributed by atoms with Gasteiger partial charge in [-0.05, 0) is 80.9 Å². The van der Waals surface area contributed by atoms with Crippen molar-refractivity contribution in [3.8, 4) is 22.3 Å². The Hall–Kier alpha value is -5.70. The highest BCUT2D eigenvalue weighted by molar-refractivity contribution is 7.26. The second kappa shape index (κ2) is 9.19. The van der Waals surface area contributed by atoms with Crippen LogP contribution in [0.2, 0.25) is 0 Å². The Balaban J connectivity index is 1.28. The van der Waals surface area contributed by atoms with Crippen molar-refractivity contribution in [1.29, 1.82) is 0 Å². The van der Waals surface area contributed by atoms with Gasteiger partial charge in [0.2, 0.25) is 0 Å².